The van der Waals surface area contributed by atoms with Crippen LogP contribution in [0, 0.1) is 6.92 Å². The zero-order chi connectivity index (χ0) is 8.55. The molecule has 66 valence electrons. The Balaban J connectivity index is 2.30. The maximum Gasteiger partial charge on any atom is 0.212 e. The largest absolute Gasteiger partial charge is 0.475 e. The molecule has 0 aliphatic carbocycles. The molecule has 1 aromatic heterocycles. The van der Waals surface area contributed by atoms with Crippen LogP contribution in [0.2, 0.25) is 0 Å². The van der Waals surface area contributed by atoms with Crippen LogP contribution in [0.3, 0.4) is 0 Å². The van der Waals surface area contributed by atoms with Gasteiger partial charge in [-0.25, -0.2) is 4.68 Å². The Bertz CT molecular complexity index is 280. The average Bonchev–Trinajstić information content (AvgIpc) is 2.23. The third kappa shape index (κ3) is 1.31. The van der Waals surface area contributed by atoms with E-state index >= 15 is 0 Å². The zero-order valence-corrected chi connectivity index (χ0v) is 7.58. The summed E-state index contributed by atoms with van der Waals surface area (Å²) in [7, 11) is 0. The van der Waals surface area contributed by atoms with E-state index in [1.807, 2.05) is 17.7 Å². The molecule has 0 spiro atoms. The summed E-state index contributed by atoms with van der Waals surface area (Å²) >= 11 is 0. The second-order valence-electron chi connectivity index (χ2n) is 3.42. The number of rotatable bonds is 0. The molecule has 2 heterocycles. The first-order valence-corrected chi connectivity index (χ1v) is 4.47. The van der Waals surface area contributed by atoms with Gasteiger partial charge >= 0.3 is 0 Å². The first-order valence-electron chi connectivity index (χ1n) is 4.47. The number of hydrogen-bond donors (Lipinski definition) is 0. The molecule has 12 heavy (non-hydrogen) atoms. The topological polar surface area (TPSA) is 27.1 Å². The van der Waals surface area contributed by atoms with Gasteiger partial charge in [-0.1, -0.05) is 0 Å². The van der Waals surface area contributed by atoms with E-state index in [0.717, 1.165) is 31.0 Å². The molecule has 0 saturated carbocycles. The lowest BCUT2D eigenvalue weighted by Gasteiger charge is -2.08. The van der Waals surface area contributed by atoms with Gasteiger partial charge in [-0.15, -0.1) is 0 Å². The lowest BCUT2D eigenvalue weighted by atomic mass is 10.2. The van der Waals surface area contributed by atoms with Gasteiger partial charge in [-0.05, 0) is 26.7 Å². The third-order valence-corrected chi connectivity index (χ3v) is 2.17. The van der Waals surface area contributed by atoms with Crippen molar-refractivity contribution >= 4 is 0 Å². The van der Waals surface area contributed by atoms with Gasteiger partial charge in [0.1, 0.15) is 0 Å². The van der Waals surface area contributed by atoms with Gasteiger partial charge in [0.25, 0.3) is 0 Å². The van der Waals surface area contributed by atoms with Crippen LogP contribution >= 0.6 is 0 Å². The Morgan fingerprint density at radius 2 is 2.50 bits per heavy atom. The van der Waals surface area contributed by atoms with Crippen molar-refractivity contribution in [3.63, 3.8) is 0 Å². The van der Waals surface area contributed by atoms with Crippen molar-refractivity contribution in [1.29, 1.82) is 0 Å². The summed E-state index contributed by atoms with van der Waals surface area (Å²) < 4.78 is 7.64. The van der Waals surface area contributed by atoms with Gasteiger partial charge in [-0.2, -0.15) is 5.10 Å². The first-order chi connectivity index (χ1) is 5.75. The number of aryl methyl sites for hydroxylation is 2. The fourth-order valence-corrected chi connectivity index (χ4v) is 1.57. The maximum atomic E-state index is 5.68. The molecule has 0 fully saturated rings. The van der Waals surface area contributed by atoms with Crippen LogP contribution in [0.5, 0.6) is 5.88 Å². The average molecular weight is 166 g/mol. The molecular weight excluding hydrogens is 152 g/mol. The maximum absolute atomic E-state index is 5.68. The summed E-state index contributed by atoms with van der Waals surface area (Å²) in [4.78, 5) is 0. The minimum atomic E-state index is 0.336. The lowest BCUT2D eigenvalue weighted by molar-refractivity contribution is 0.208. The molecule has 0 unspecified atom stereocenters. The van der Waals surface area contributed by atoms with Gasteiger partial charge in [0.2, 0.25) is 5.88 Å². The summed E-state index contributed by atoms with van der Waals surface area (Å²) in [5.41, 5.74) is 1.04. The standard InChI is InChI=1S/C9H14N2O/c1-7-6-9-11(10-7)5-3-4-8(2)12-9/h6,8H,3-5H2,1-2H3/t8-/m1/s1. The fourth-order valence-electron chi connectivity index (χ4n) is 1.57. The second kappa shape index (κ2) is 2.81. The van der Waals surface area contributed by atoms with Crippen LogP contribution in [0.15, 0.2) is 6.07 Å². The molecule has 1 aliphatic heterocycles. The van der Waals surface area contributed by atoms with E-state index in [2.05, 4.69) is 12.0 Å². The van der Waals surface area contributed by atoms with Crippen LogP contribution in [0.1, 0.15) is 25.5 Å². The lowest BCUT2D eigenvalue weighted by Crippen LogP contribution is -2.09. The molecule has 1 aliphatic rings. The Kier molecular flexibility index (Phi) is 1.79. The molecular formula is C9H14N2O. The van der Waals surface area contributed by atoms with Crippen molar-refractivity contribution in [2.45, 2.75) is 39.3 Å². The van der Waals surface area contributed by atoms with Crippen LogP contribution in [0.25, 0.3) is 0 Å². The Morgan fingerprint density at radius 3 is 3.33 bits per heavy atom. The highest BCUT2D eigenvalue weighted by atomic mass is 16.5. The minimum absolute atomic E-state index is 0.336. The fraction of sp³-hybridized carbons (Fsp3) is 0.667. The van der Waals surface area contributed by atoms with Gasteiger partial charge in [0.15, 0.2) is 0 Å². The molecule has 0 radical (unpaired) electrons. The van der Waals surface area contributed by atoms with Crippen LogP contribution in [-0.4, -0.2) is 15.9 Å². The Hall–Kier alpha value is -0.990. The minimum Gasteiger partial charge on any atom is -0.475 e. The molecule has 3 heteroatoms. The smallest absolute Gasteiger partial charge is 0.212 e. The predicted octanol–water partition coefficient (Wildman–Crippen LogP) is 1.75. The van der Waals surface area contributed by atoms with E-state index in [1.54, 1.807) is 0 Å². The highest BCUT2D eigenvalue weighted by molar-refractivity contribution is 5.15. The quantitative estimate of drug-likeness (QED) is 0.587. The Morgan fingerprint density at radius 1 is 1.67 bits per heavy atom. The van der Waals surface area contributed by atoms with Crippen molar-refractivity contribution in [3.8, 4) is 5.88 Å². The van der Waals surface area contributed by atoms with E-state index in [4.69, 9.17) is 4.74 Å². The highest BCUT2D eigenvalue weighted by Gasteiger charge is 2.14. The zero-order valence-electron chi connectivity index (χ0n) is 7.58. The van der Waals surface area contributed by atoms with Gasteiger partial charge < -0.3 is 4.74 Å². The molecule has 1 atom stereocenters. The molecule has 1 aromatic rings. The highest BCUT2D eigenvalue weighted by Crippen LogP contribution is 2.20. The normalized spacial score (nSPS) is 22.7. The van der Waals surface area contributed by atoms with Crippen molar-refractivity contribution in [1.82, 2.24) is 9.78 Å². The summed E-state index contributed by atoms with van der Waals surface area (Å²) in [6.07, 6.45) is 2.62. The van der Waals surface area contributed by atoms with Crippen molar-refractivity contribution in [3.05, 3.63) is 11.8 Å². The van der Waals surface area contributed by atoms with Crippen molar-refractivity contribution < 1.29 is 4.74 Å². The molecule has 2 rings (SSSR count). The Labute approximate surface area is 72.3 Å². The van der Waals surface area contributed by atoms with E-state index < -0.39 is 0 Å². The molecule has 0 bridgehead atoms. The van der Waals surface area contributed by atoms with Crippen LogP contribution < -0.4 is 4.74 Å². The van der Waals surface area contributed by atoms with Gasteiger partial charge in [0, 0.05) is 12.6 Å². The number of hydrogen-bond acceptors (Lipinski definition) is 2. The van der Waals surface area contributed by atoms with E-state index in [1.165, 1.54) is 0 Å². The summed E-state index contributed by atoms with van der Waals surface area (Å²) in [6, 6.07) is 2.00. The predicted molar refractivity (Wildman–Crippen MR) is 46.3 cm³/mol. The van der Waals surface area contributed by atoms with Gasteiger partial charge in [0.05, 0.1) is 11.8 Å². The van der Waals surface area contributed by atoms with Crippen LogP contribution in [-0.2, 0) is 6.54 Å². The first kappa shape index (κ1) is 7.65. The summed E-state index contributed by atoms with van der Waals surface area (Å²) in [6.45, 7) is 5.10. The van der Waals surface area contributed by atoms with Crippen LogP contribution in [0.4, 0.5) is 0 Å². The van der Waals surface area contributed by atoms with Crippen molar-refractivity contribution in [2.75, 3.05) is 0 Å². The summed E-state index contributed by atoms with van der Waals surface area (Å²) in [5.74, 6) is 0.928. The summed E-state index contributed by atoms with van der Waals surface area (Å²) in [5, 5.41) is 4.34. The number of aromatic nitrogens is 2. The SMILES string of the molecule is Cc1cc2n(n1)CCC[C@@H](C)O2. The third-order valence-electron chi connectivity index (χ3n) is 2.17. The number of ether oxygens (including phenoxy) is 1. The molecule has 3 nitrogen and oxygen atoms in total. The van der Waals surface area contributed by atoms with Gasteiger partial charge in [-0.3, -0.25) is 0 Å². The molecule has 0 amide bonds. The van der Waals surface area contributed by atoms with E-state index in [-0.39, 0.29) is 0 Å². The number of nitrogens with zero attached hydrogens (tertiary/aromatic N) is 2. The number of fused-ring (bicyclic) bond motifs is 1. The molecule has 0 saturated heterocycles. The van der Waals surface area contributed by atoms with E-state index in [9.17, 15) is 0 Å². The van der Waals surface area contributed by atoms with Crippen molar-refractivity contribution in [2.24, 2.45) is 0 Å². The molecule has 0 N–H and O–H groups in total. The molecule has 0 aromatic carbocycles. The second-order valence-corrected chi connectivity index (χ2v) is 3.42. The van der Waals surface area contributed by atoms with E-state index in [0.29, 0.717) is 6.10 Å². The monoisotopic (exact) mass is 166 g/mol.